The number of benzene rings is 2. The Hall–Kier alpha value is -3.76. The Morgan fingerprint density at radius 1 is 1.25 bits per heavy atom. The van der Waals surface area contributed by atoms with Crippen LogP contribution in [0.1, 0.15) is 36.8 Å². The summed E-state index contributed by atoms with van der Waals surface area (Å²) in [6, 6.07) is 4.31. The van der Waals surface area contributed by atoms with Crippen LogP contribution in [-0.4, -0.2) is 41.4 Å². The molecule has 4 aromatic rings. The van der Waals surface area contributed by atoms with Crippen LogP contribution in [0.5, 0.6) is 6.01 Å². The smallest absolute Gasteiger partial charge is 0.417 e. The largest absolute Gasteiger partial charge is 0.467 e. The number of aliphatic hydroxyl groups excluding tert-OH is 1. The van der Waals surface area contributed by atoms with E-state index in [0.29, 0.717) is 37.3 Å². The highest BCUT2D eigenvalue weighted by Crippen LogP contribution is 2.51. The molecule has 0 bridgehead atoms. The van der Waals surface area contributed by atoms with E-state index >= 15 is 4.39 Å². The molecule has 3 N–H and O–H groups in total. The van der Waals surface area contributed by atoms with E-state index < -0.39 is 40.6 Å². The van der Waals surface area contributed by atoms with E-state index in [1.54, 1.807) is 4.90 Å². The normalized spacial score (nSPS) is 21.1. The van der Waals surface area contributed by atoms with E-state index in [4.69, 9.17) is 10.5 Å². The average Bonchev–Trinajstić information content (AvgIpc) is 3.24. The zero-order valence-corrected chi connectivity index (χ0v) is 21.9. The van der Waals surface area contributed by atoms with Crippen molar-refractivity contribution in [3.8, 4) is 23.2 Å². The summed E-state index contributed by atoms with van der Waals surface area (Å²) in [6.07, 6.45) is -2.73. The molecule has 208 valence electrons. The maximum atomic E-state index is 16.5. The number of nitrogen functional groups attached to an aromatic ring is 1. The number of piperidine rings is 1. The first-order valence-corrected chi connectivity index (χ1v) is 13.3. The fourth-order valence-electron chi connectivity index (χ4n) is 6.18. The van der Waals surface area contributed by atoms with Gasteiger partial charge in [0.25, 0.3) is 0 Å². The van der Waals surface area contributed by atoms with E-state index in [2.05, 4.69) is 9.97 Å². The van der Waals surface area contributed by atoms with E-state index in [1.165, 1.54) is 7.11 Å². The van der Waals surface area contributed by atoms with Crippen molar-refractivity contribution in [1.82, 2.24) is 9.97 Å². The number of halogens is 5. The van der Waals surface area contributed by atoms with Gasteiger partial charge in [-0.2, -0.15) is 28.4 Å². The Kier molecular flexibility index (Phi) is 6.05. The van der Waals surface area contributed by atoms with Gasteiger partial charge in [-0.15, -0.1) is 11.3 Å². The molecule has 2 aromatic carbocycles. The number of methoxy groups -OCH3 is 1. The highest BCUT2D eigenvalue weighted by Gasteiger charge is 2.47. The lowest BCUT2D eigenvalue weighted by atomic mass is 9.62. The summed E-state index contributed by atoms with van der Waals surface area (Å²) in [5.74, 6) is -2.00. The van der Waals surface area contributed by atoms with Crippen molar-refractivity contribution in [3.05, 3.63) is 41.0 Å². The monoisotopic (exact) mass is 575 g/mol. The molecule has 2 fully saturated rings. The molecule has 0 amide bonds. The van der Waals surface area contributed by atoms with Crippen molar-refractivity contribution < 1.29 is 31.8 Å². The maximum absolute atomic E-state index is 16.5. The lowest BCUT2D eigenvalue weighted by molar-refractivity contribution is -0.137. The summed E-state index contributed by atoms with van der Waals surface area (Å²) in [6.45, 7) is 0.901. The predicted octanol–water partition coefficient (Wildman–Crippen LogP) is 6.01. The first-order valence-electron chi connectivity index (χ1n) is 12.5. The maximum Gasteiger partial charge on any atom is 0.417 e. The van der Waals surface area contributed by atoms with Crippen LogP contribution in [0.2, 0.25) is 0 Å². The van der Waals surface area contributed by atoms with Crippen LogP contribution < -0.4 is 15.4 Å². The number of nitrogens with zero attached hydrogens (tertiary/aromatic N) is 4. The molecule has 1 aliphatic carbocycles. The Morgan fingerprint density at radius 2 is 2.00 bits per heavy atom. The van der Waals surface area contributed by atoms with Gasteiger partial charge in [-0.3, -0.25) is 0 Å². The molecule has 0 atom stereocenters. The molecule has 2 aromatic heterocycles. The van der Waals surface area contributed by atoms with Gasteiger partial charge in [0, 0.05) is 29.4 Å². The Labute approximate surface area is 228 Å². The minimum atomic E-state index is -5.03. The Bertz CT molecular complexity index is 1720. The number of aliphatic hydroxyl groups is 1. The van der Waals surface area contributed by atoms with Crippen molar-refractivity contribution in [3.63, 3.8) is 0 Å². The minimum Gasteiger partial charge on any atom is -0.467 e. The fraction of sp³-hybridized carbons (Fsp3) is 0.370. The summed E-state index contributed by atoms with van der Waals surface area (Å²) in [5, 5.41) is 19.1. The fourth-order valence-corrected chi connectivity index (χ4v) is 7.13. The van der Waals surface area contributed by atoms with Crippen molar-refractivity contribution in [2.24, 2.45) is 5.41 Å². The number of hydrogen-bond acceptors (Lipinski definition) is 8. The number of ether oxygens (including phenoxy) is 1. The summed E-state index contributed by atoms with van der Waals surface area (Å²) in [7, 11) is 1.27. The van der Waals surface area contributed by atoms with Crippen molar-refractivity contribution in [1.29, 1.82) is 5.26 Å². The Morgan fingerprint density at radius 3 is 2.65 bits per heavy atom. The number of nitrogens with two attached hydrogens (primary N) is 1. The molecule has 1 spiro atoms. The van der Waals surface area contributed by atoms with E-state index in [-0.39, 0.29) is 48.8 Å². The number of hydrogen-bond donors (Lipinski definition) is 2. The van der Waals surface area contributed by atoms with Crippen LogP contribution in [0.25, 0.3) is 32.1 Å². The third-order valence-corrected chi connectivity index (χ3v) is 8.90. The molecule has 0 radical (unpaired) electrons. The summed E-state index contributed by atoms with van der Waals surface area (Å²) in [5.41, 5.74) is 2.52. The molecule has 1 saturated carbocycles. The molecule has 1 aliphatic heterocycles. The quantitative estimate of drug-likeness (QED) is 0.288. The molecule has 2 aliphatic rings. The number of nitriles is 1. The van der Waals surface area contributed by atoms with Gasteiger partial charge in [0.05, 0.1) is 29.0 Å². The zero-order chi connectivity index (χ0) is 28.6. The second-order valence-corrected chi connectivity index (χ2v) is 11.4. The summed E-state index contributed by atoms with van der Waals surface area (Å²) >= 11 is 0.703. The van der Waals surface area contributed by atoms with Gasteiger partial charge in [-0.1, -0.05) is 6.07 Å². The van der Waals surface area contributed by atoms with Gasteiger partial charge in [0.1, 0.15) is 28.2 Å². The summed E-state index contributed by atoms with van der Waals surface area (Å²) < 4.78 is 80.0. The number of thiophene rings is 1. The average molecular weight is 576 g/mol. The predicted molar refractivity (Wildman–Crippen MR) is 140 cm³/mol. The molecule has 13 heteroatoms. The Balaban J connectivity index is 1.65. The zero-order valence-electron chi connectivity index (χ0n) is 21.1. The number of fused-ring (bicyclic) bond motifs is 2. The lowest BCUT2D eigenvalue weighted by Crippen LogP contribution is -2.52. The van der Waals surface area contributed by atoms with E-state index in [0.717, 1.165) is 31.0 Å². The lowest BCUT2D eigenvalue weighted by Gasteiger charge is -2.51. The third-order valence-electron chi connectivity index (χ3n) is 7.88. The third kappa shape index (κ3) is 4.00. The van der Waals surface area contributed by atoms with Gasteiger partial charge in [0.15, 0.2) is 5.82 Å². The topological polar surface area (TPSA) is 108 Å². The van der Waals surface area contributed by atoms with Crippen molar-refractivity contribution in [2.45, 2.75) is 38.0 Å². The van der Waals surface area contributed by atoms with Gasteiger partial charge in [-0.25, -0.2) is 8.78 Å². The molecular formula is C27H22F5N5O2S. The molecule has 1 saturated heterocycles. The van der Waals surface area contributed by atoms with E-state index in [9.17, 15) is 27.9 Å². The highest BCUT2D eigenvalue weighted by atomic mass is 32.1. The number of alkyl halides is 3. The molecular weight excluding hydrogens is 553 g/mol. The van der Waals surface area contributed by atoms with Crippen LogP contribution in [0.3, 0.4) is 0 Å². The van der Waals surface area contributed by atoms with Crippen molar-refractivity contribution in [2.75, 3.05) is 30.8 Å². The second-order valence-electron chi connectivity index (χ2n) is 10.4. The van der Waals surface area contributed by atoms with Crippen LogP contribution in [0.15, 0.2) is 18.2 Å². The summed E-state index contributed by atoms with van der Waals surface area (Å²) in [4.78, 5) is 10.2. The first-order chi connectivity index (χ1) is 19.0. The van der Waals surface area contributed by atoms with Crippen molar-refractivity contribution >= 4 is 43.1 Å². The van der Waals surface area contributed by atoms with Crippen LogP contribution in [0.4, 0.5) is 32.8 Å². The first kappa shape index (κ1) is 26.5. The number of rotatable bonds is 3. The van der Waals surface area contributed by atoms with Gasteiger partial charge in [-0.05, 0) is 48.8 Å². The second kappa shape index (κ2) is 9.14. The molecule has 0 unspecified atom stereocenters. The standard InChI is InChI=1S/C27H22F5N5O2S/c1-39-25-35-21-14(24(36-25)37-6-2-5-26(11-37)8-12(38)9-26)7-16(27(30,31)32)19(20(21)29)13-3-4-17(28)22-18(13)15(10-33)23(34)40-22/h3-4,7,12,38H,2,5-6,8-9,11,34H2,1H3. The number of anilines is 2. The highest BCUT2D eigenvalue weighted by molar-refractivity contribution is 7.23. The number of aromatic nitrogens is 2. The van der Waals surface area contributed by atoms with Crippen LogP contribution in [-0.2, 0) is 6.18 Å². The molecule has 40 heavy (non-hydrogen) atoms. The molecule has 6 rings (SSSR count). The van der Waals surface area contributed by atoms with Crippen LogP contribution >= 0.6 is 11.3 Å². The molecule has 3 heterocycles. The SMILES string of the molecule is COc1nc(N2CCCC3(CC(O)C3)C2)c2cc(C(F)(F)F)c(-c3ccc(F)c4sc(N)c(C#N)c34)c(F)c2n1. The van der Waals surface area contributed by atoms with Gasteiger partial charge >= 0.3 is 12.2 Å². The minimum absolute atomic E-state index is 0.0926. The van der Waals surface area contributed by atoms with Gasteiger partial charge in [0.2, 0.25) is 0 Å². The molecule has 7 nitrogen and oxygen atoms in total. The van der Waals surface area contributed by atoms with Gasteiger partial charge < -0.3 is 20.5 Å². The van der Waals surface area contributed by atoms with Crippen LogP contribution in [0, 0.1) is 28.4 Å². The van der Waals surface area contributed by atoms with E-state index in [1.807, 2.05) is 6.07 Å².